The fourth-order valence-corrected chi connectivity index (χ4v) is 2.53. The smallest absolute Gasteiger partial charge is 0.793 e. The van der Waals surface area contributed by atoms with Crippen LogP contribution in [0.25, 0.3) is 0 Å². The van der Waals surface area contributed by atoms with Gasteiger partial charge in [-0.1, -0.05) is 145 Å². The SMILES string of the molecule is CCCCCCCCC[S-].CCCCCCCCC[S-].C[C](C)C.C[C](C)C.[Sn+2]. The predicted octanol–water partition coefficient (Wildman–Crippen LogP) is 9.43. The number of rotatable bonds is 14. The van der Waals surface area contributed by atoms with Gasteiger partial charge in [0.1, 0.15) is 0 Å². The van der Waals surface area contributed by atoms with E-state index in [2.05, 4.69) is 55.4 Å². The molecule has 0 aromatic rings. The van der Waals surface area contributed by atoms with Crippen molar-refractivity contribution >= 4 is 49.2 Å². The molecule has 0 saturated heterocycles. The Kier molecular flexibility index (Phi) is 61.1. The summed E-state index contributed by atoms with van der Waals surface area (Å²) in [5.41, 5.74) is 0. The molecule has 0 rings (SSSR count). The molecule has 0 amide bonds. The Labute approximate surface area is 216 Å². The second kappa shape index (κ2) is 43.4. The topological polar surface area (TPSA) is 0 Å². The average molecular weight is 552 g/mol. The van der Waals surface area contributed by atoms with Gasteiger partial charge < -0.3 is 25.3 Å². The zero-order valence-electron chi connectivity index (χ0n) is 21.6. The van der Waals surface area contributed by atoms with E-state index in [-0.39, 0.29) is 23.9 Å². The molecule has 0 saturated carbocycles. The van der Waals surface area contributed by atoms with E-state index in [1.807, 2.05) is 0 Å². The molecular formula is C26H56S2Sn. The Bertz CT molecular complexity index is 165. The quantitative estimate of drug-likeness (QED) is 0.120. The molecule has 0 nitrogen and oxygen atoms in total. The minimum Gasteiger partial charge on any atom is -0.793 e. The molecule has 0 aromatic heterocycles. The van der Waals surface area contributed by atoms with Crippen molar-refractivity contribution in [3.05, 3.63) is 11.8 Å². The molecular weight excluding hydrogens is 495 g/mol. The van der Waals surface area contributed by atoms with Gasteiger partial charge in [0.15, 0.2) is 0 Å². The fourth-order valence-electron chi connectivity index (χ4n) is 2.12. The second-order valence-electron chi connectivity index (χ2n) is 8.65. The van der Waals surface area contributed by atoms with Crippen LogP contribution in [0.1, 0.15) is 145 Å². The van der Waals surface area contributed by atoms with Crippen molar-refractivity contribution in [1.82, 2.24) is 0 Å². The Hall–Kier alpha value is 1.50. The first kappa shape index (κ1) is 40.8. The van der Waals surface area contributed by atoms with Gasteiger partial charge in [-0.3, -0.25) is 0 Å². The van der Waals surface area contributed by atoms with Crippen LogP contribution in [0.5, 0.6) is 0 Å². The van der Waals surface area contributed by atoms with Crippen molar-refractivity contribution in [1.29, 1.82) is 0 Å². The normalized spacial score (nSPS) is 9.52. The van der Waals surface area contributed by atoms with Gasteiger partial charge in [-0.2, -0.15) is 11.5 Å². The van der Waals surface area contributed by atoms with Crippen molar-refractivity contribution in [3.8, 4) is 0 Å². The van der Waals surface area contributed by atoms with E-state index in [1.165, 1.54) is 102 Å². The van der Waals surface area contributed by atoms with Crippen molar-refractivity contribution in [2.75, 3.05) is 11.5 Å². The third-order valence-corrected chi connectivity index (χ3v) is 4.07. The van der Waals surface area contributed by atoms with E-state index in [9.17, 15) is 0 Å². The molecule has 0 unspecified atom stereocenters. The van der Waals surface area contributed by atoms with E-state index in [4.69, 9.17) is 25.3 Å². The molecule has 4 radical (unpaired) electrons. The minimum atomic E-state index is 0. The second-order valence-corrected chi connectivity index (χ2v) is 9.47. The van der Waals surface area contributed by atoms with Crippen molar-refractivity contribution < 1.29 is 0 Å². The maximum atomic E-state index is 4.85. The Morgan fingerprint density at radius 2 is 0.586 bits per heavy atom. The van der Waals surface area contributed by atoms with Crippen molar-refractivity contribution in [2.45, 2.75) is 145 Å². The van der Waals surface area contributed by atoms with Crippen molar-refractivity contribution in [2.24, 2.45) is 0 Å². The average Bonchev–Trinajstić information content (AvgIpc) is 2.61. The maximum Gasteiger partial charge on any atom is 2.00 e. The summed E-state index contributed by atoms with van der Waals surface area (Å²) in [7, 11) is 0. The van der Waals surface area contributed by atoms with Crippen LogP contribution in [0, 0.1) is 11.8 Å². The Balaban J connectivity index is -0.0000000950. The van der Waals surface area contributed by atoms with E-state index in [0.29, 0.717) is 0 Å². The van der Waals surface area contributed by atoms with Crippen LogP contribution in [0.3, 0.4) is 0 Å². The van der Waals surface area contributed by atoms with Gasteiger partial charge in [0, 0.05) is 0 Å². The summed E-state index contributed by atoms with van der Waals surface area (Å²) in [6, 6.07) is 0. The van der Waals surface area contributed by atoms with Crippen LogP contribution in [-0.4, -0.2) is 35.4 Å². The molecule has 3 heteroatoms. The largest absolute Gasteiger partial charge is 2.00 e. The van der Waals surface area contributed by atoms with Gasteiger partial charge in [0.05, 0.1) is 0 Å². The molecule has 0 spiro atoms. The number of unbranched alkanes of at least 4 members (excludes halogenated alkanes) is 12. The fraction of sp³-hybridized carbons (Fsp3) is 0.923. The molecule has 0 fully saturated rings. The third kappa shape index (κ3) is 92.9. The van der Waals surface area contributed by atoms with Crippen LogP contribution >= 0.6 is 0 Å². The first-order chi connectivity index (χ1) is 13.3. The first-order valence-corrected chi connectivity index (χ1v) is 13.1. The van der Waals surface area contributed by atoms with Crippen molar-refractivity contribution in [3.63, 3.8) is 0 Å². The zero-order valence-corrected chi connectivity index (χ0v) is 26.1. The van der Waals surface area contributed by atoms with E-state index in [1.54, 1.807) is 0 Å². The molecule has 0 bridgehead atoms. The summed E-state index contributed by atoms with van der Waals surface area (Å²) >= 11 is 9.71. The molecule has 29 heavy (non-hydrogen) atoms. The standard InChI is InChI=1S/2C9H20S.2C4H9.Sn/c2*1-2-3-4-5-6-7-8-9-10;2*1-4(2)3;/h2*10H,2-9H2,1H3;2*1-3H3;/q;;;;+2/p-2. The number of hydrogen-bond donors (Lipinski definition) is 0. The maximum absolute atomic E-state index is 4.85. The van der Waals surface area contributed by atoms with Gasteiger partial charge in [0.2, 0.25) is 0 Å². The molecule has 0 aliphatic heterocycles. The van der Waals surface area contributed by atoms with E-state index < -0.39 is 0 Å². The first-order valence-electron chi connectivity index (χ1n) is 12.0. The van der Waals surface area contributed by atoms with Crippen LogP contribution in [0.2, 0.25) is 0 Å². The van der Waals surface area contributed by atoms with E-state index >= 15 is 0 Å². The van der Waals surface area contributed by atoms with Gasteiger partial charge in [-0.25, -0.2) is 0 Å². The van der Waals surface area contributed by atoms with Crippen LogP contribution in [0.4, 0.5) is 0 Å². The van der Waals surface area contributed by atoms with Crippen LogP contribution in [-0.2, 0) is 25.3 Å². The summed E-state index contributed by atoms with van der Waals surface area (Å²) in [4.78, 5) is 0. The summed E-state index contributed by atoms with van der Waals surface area (Å²) < 4.78 is 0. The number of hydrogen-bond acceptors (Lipinski definition) is 2. The minimum absolute atomic E-state index is 0. The molecule has 0 heterocycles. The predicted molar refractivity (Wildman–Crippen MR) is 147 cm³/mol. The van der Waals surface area contributed by atoms with Crippen LogP contribution in [0.15, 0.2) is 0 Å². The molecule has 0 aliphatic rings. The molecule has 0 atom stereocenters. The van der Waals surface area contributed by atoms with E-state index in [0.717, 1.165) is 11.5 Å². The van der Waals surface area contributed by atoms with Gasteiger partial charge in [-0.15, -0.1) is 0 Å². The van der Waals surface area contributed by atoms with Crippen LogP contribution < -0.4 is 0 Å². The Morgan fingerprint density at radius 1 is 0.414 bits per heavy atom. The summed E-state index contributed by atoms with van der Waals surface area (Å²) in [6.07, 6.45) is 19.2. The molecule has 176 valence electrons. The molecule has 0 N–H and O–H groups in total. The monoisotopic (exact) mass is 552 g/mol. The van der Waals surface area contributed by atoms with Gasteiger partial charge in [0.25, 0.3) is 0 Å². The summed E-state index contributed by atoms with van der Waals surface area (Å²) in [5, 5.41) is 0. The van der Waals surface area contributed by atoms with Gasteiger partial charge in [-0.05, 0) is 11.8 Å². The molecule has 0 aliphatic carbocycles. The third-order valence-electron chi connectivity index (χ3n) is 3.50. The summed E-state index contributed by atoms with van der Waals surface area (Å²) in [5.74, 6) is 4.74. The van der Waals surface area contributed by atoms with Gasteiger partial charge >= 0.3 is 23.9 Å². The zero-order chi connectivity index (χ0) is 22.5. The Morgan fingerprint density at radius 3 is 0.759 bits per heavy atom. The summed E-state index contributed by atoms with van der Waals surface area (Å²) in [6.45, 7) is 17.0. The molecule has 0 aromatic carbocycles.